The number of rotatable bonds is 7. The lowest BCUT2D eigenvalue weighted by Crippen LogP contribution is -2.21. The molecule has 0 amide bonds. The summed E-state index contributed by atoms with van der Waals surface area (Å²) in [6.07, 6.45) is 1.13. The van der Waals surface area contributed by atoms with Crippen molar-refractivity contribution in [2.75, 3.05) is 18.5 Å². The van der Waals surface area contributed by atoms with E-state index in [0.717, 1.165) is 25.1 Å². The molecule has 0 aliphatic heterocycles. The van der Waals surface area contributed by atoms with Crippen LogP contribution in [-0.2, 0) is 13.1 Å². The molecule has 0 spiro atoms. The maximum Gasteiger partial charge on any atom is 0.123 e. The van der Waals surface area contributed by atoms with Crippen LogP contribution in [0, 0.1) is 5.82 Å². The van der Waals surface area contributed by atoms with Crippen molar-refractivity contribution in [2.45, 2.75) is 26.4 Å². The number of hydrogen-bond donors (Lipinski definition) is 1. The zero-order valence-corrected chi connectivity index (χ0v) is 12.8. The SMILES string of the molecule is CCCNCc1ccccc1N(C)Cc1cccc(F)c1. The van der Waals surface area contributed by atoms with Gasteiger partial charge in [-0.15, -0.1) is 0 Å². The fourth-order valence-corrected chi connectivity index (χ4v) is 2.43. The van der Waals surface area contributed by atoms with E-state index in [9.17, 15) is 4.39 Å². The summed E-state index contributed by atoms with van der Waals surface area (Å²) >= 11 is 0. The van der Waals surface area contributed by atoms with Gasteiger partial charge in [-0.25, -0.2) is 4.39 Å². The monoisotopic (exact) mass is 286 g/mol. The van der Waals surface area contributed by atoms with E-state index < -0.39 is 0 Å². The van der Waals surface area contributed by atoms with Gasteiger partial charge in [0.1, 0.15) is 5.82 Å². The summed E-state index contributed by atoms with van der Waals surface area (Å²) in [4.78, 5) is 2.16. The van der Waals surface area contributed by atoms with E-state index >= 15 is 0 Å². The largest absolute Gasteiger partial charge is 0.370 e. The number of para-hydroxylation sites is 1. The fourth-order valence-electron chi connectivity index (χ4n) is 2.43. The van der Waals surface area contributed by atoms with Gasteiger partial charge in [-0.1, -0.05) is 37.3 Å². The molecule has 0 unspecified atom stereocenters. The summed E-state index contributed by atoms with van der Waals surface area (Å²) in [6, 6.07) is 15.1. The van der Waals surface area contributed by atoms with Crippen LogP contribution < -0.4 is 10.2 Å². The lowest BCUT2D eigenvalue weighted by molar-refractivity contribution is 0.625. The number of hydrogen-bond acceptors (Lipinski definition) is 2. The topological polar surface area (TPSA) is 15.3 Å². The molecule has 112 valence electrons. The zero-order valence-electron chi connectivity index (χ0n) is 12.8. The van der Waals surface area contributed by atoms with Crippen molar-refractivity contribution in [1.82, 2.24) is 5.32 Å². The molecule has 2 nitrogen and oxygen atoms in total. The van der Waals surface area contributed by atoms with Gasteiger partial charge in [0, 0.05) is 25.8 Å². The Morgan fingerprint density at radius 3 is 2.67 bits per heavy atom. The summed E-state index contributed by atoms with van der Waals surface area (Å²) in [5.74, 6) is -0.182. The Morgan fingerprint density at radius 1 is 1.10 bits per heavy atom. The molecule has 0 saturated carbocycles. The van der Waals surface area contributed by atoms with Gasteiger partial charge in [0.25, 0.3) is 0 Å². The molecule has 0 saturated heterocycles. The van der Waals surface area contributed by atoms with Gasteiger partial charge in [-0.2, -0.15) is 0 Å². The minimum absolute atomic E-state index is 0.182. The van der Waals surface area contributed by atoms with E-state index in [1.165, 1.54) is 17.3 Å². The number of benzene rings is 2. The van der Waals surface area contributed by atoms with Crippen molar-refractivity contribution in [3.05, 3.63) is 65.5 Å². The van der Waals surface area contributed by atoms with E-state index in [-0.39, 0.29) is 5.82 Å². The van der Waals surface area contributed by atoms with Crippen LogP contribution in [0.3, 0.4) is 0 Å². The van der Waals surface area contributed by atoms with Gasteiger partial charge in [0.2, 0.25) is 0 Å². The summed E-state index contributed by atoms with van der Waals surface area (Å²) in [5, 5.41) is 3.43. The molecule has 0 aliphatic carbocycles. The minimum atomic E-state index is -0.182. The molecule has 0 aliphatic rings. The lowest BCUT2D eigenvalue weighted by Gasteiger charge is -2.23. The molecule has 0 radical (unpaired) electrons. The van der Waals surface area contributed by atoms with E-state index in [2.05, 4.69) is 35.3 Å². The van der Waals surface area contributed by atoms with E-state index in [1.807, 2.05) is 19.2 Å². The smallest absolute Gasteiger partial charge is 0.123 e. The first kappa shape index (κ1) is 15.5. The van der Waals surface area contributed by atoms with Gasteiger partial charge in [-0.05, 0) is 42.3 Å². The molecule has 0 aromatic heterocycles. The highest BCUT2D eigenvalue weighted by atomic mass is 19.1. The third kappa shape index (κ3) is 4.57. The third-order valence-corrected chi connectivity index (χ3v) is 3.45. The van der Waals surface area contributed by atoms with Crippen LogP contribution in [0.4, 0.5) is 10.1 Å². The molecule has 2 aromatic rings. The van der Waals surface area contributed by atoms with Gasteiger partial charge in [0.05, 0.1) is 0 Å². The van der Waals surface area contributed by atoms with Gasteiger partial charge in [0.15, 0.2) is 0 Å². The highest BCUT2D eigenvalue weighted by molar-refractivity contribution is 5.53. The van der Waals surface area contributed by atoms with Crippen LogP contribution in [0.1, 0.15) is 24.5 Å². The Hall–Kier alpha value is -1.87. The molecule has 0 heterocycles. The van der Waals surface area contributed by atoms with Crippen molar-refractivity contribution in [3.63, 3.8) is 0 Å². The Morgan fingerprint density at radius 2 is 1.90 bits per heavy atom. The second-order valence-corrected chi connectivity index (χ2v) is 5.29. The maximum atomic E-state index is 13.3. The number of nitrogens with zero attached hydrogens (tertiary/aromatic N) is 1. The predicted molar refractivity (Wildman–Crippen MR) is 86.9 cm³/mol. The molecule has 0 bridgehead atoms. The quantitative estimate of drug-likeness (QED) is 0.775. The maximum absolute atomic E-state index is 13.3. The fraction of sp³-hybridized carbons (Fsp3) is 0.333. The Balaban J connectivity index is 2.09. The molecule has 2 rings (SSSR count). The summed E-state index contributed by atoms with van der Waals surface area (Å²) in [7, 11) is 2.05. The number of anilines is 1. The van der Waals surface area contributed by atoms with Crippen LogP contribution in [0.2, 0.25) is 0 Å². The number of nitrogens with one attached hydrogen (secondary N) is 1. The van der Waals surface area contributed by atoms with Gasteiger partial charge >= 0.3 is 0 Å². The van der Waals surface area contributed by atoms with E-state index in [0.29, 0.717) is 6.54 Å². The first-order valence-corrected chi connectivity index (χ1v) is 7.45. The molecule has 3 heteroatoms. The Labute approximate surface area is 126 Å². The first-order chi connectivity index (χ1) is 10.2. The predicted octanol–water partition coefficient (Wildman–Crippen LogP) is 3.96. The molecular weight excluding hydrogens is 263 g/mol. The van der Waals surface area contributed by atoms with Crippen LogP contribution in [0.25, 0.3) is 0 Å². The van der Waals surface area contributed by atoms with Crippen LogP contribution in [0.15, 0.2) is 48.5 Å². The van der Waals surface area contributed by atoms with Crippen molar-refractivity contribution < 1.29 is 4.39 Å². The third-order valence-electron chi connectivity index (χ3n) is 3.45. The van der Waals surface area contributed by atoms with Gasteiger partial charge in [-0.3, -0.25) is 0 Å². The highest BCUT2D eigenvalue weighted by Crippen LogP contribution is 2.21. The minimum Gasteiger partial charge on any atom is -0.370 e. The molecule has 2 aromatic carbocycles. The van der Waals surface area contributed by atoms with Gasteiger partial charge < -0.3 is 10.2 Å². The van der Waals surface area contributed by atoms with E-state index in [4.69, 9.17) is 0 Å². The summed E-state index contributed by atoms with van der Waals surface area (Å²) in [5.41, 5.74) is 3.43. The van der Waals surface area contributed by atoms with Crippen LogP contribution in [-0.4, -0.2) is 13.6 Å². The van der Waals surface area contributed by atoms with Crippen molar-refractivity contribution in [2.24, 2.45) is 0 Å². The summed E-state index contributed by atoms with van der Waals surface area (Å²) in [6.45, 7) is 4.73. The van der Waals surface area contributed by atoms with Crippen molar-refractivity contribution in [3.8, 4) is 0 Å². The Kier molecular flexibility index (Phi) is 5.76. The first-order valence-electron chi connectivity index (χ1n) is 7.45. The lowest BCUT2D eigenvalue weighted by atomic mass is 10.1. The van der Waals surface area contributed by atoms with E-state index in [1.54, 1.807) is 12.1 Å². The molecule has 21 heavy (non-hydrogen) atoms. The average molecular weight is 286 g/mol. The van der Waals surface area contributed by atoms with Crippen LogP contribution >= 0.6 is 0 Å². The molecule has 0 atom stereocenters. The molecule has 1 N–H and O–H groups in total. The molecular formula is C18H23FN2. The second kappa shape index (κ2) is 7.79. The van der Waals surface area contributed by atoms with Crippen molar-refractivity contribution in [1.29, 1.82) is 0 Å². The highest BCUT2D eigenvalue weighted by Gasteiger charge is 2.07. The normalized spacial score (nSPS) is 10.6. The number of halogens is 1. The average Bonchev–Trinajstić information content (AvgIpc) is 2.48. The standard InChI is InChI=1S/C18H23FN2/c1-3-11-20-13-16-8-4-5-10-18(16)21(2)14-15-7-6-9-17(19)12-15/h4-10,12,20H,3,11,13-14H2,1-2H3. The second-order valence-electron chi connectivity index (χ2n) is 5.29. The van der Waals surface area contributed by atoms with Crippen molar-refractivity contribution >= 4 is 5.69 Å². The van der Waals surface area contributed by atoms with Crippen LogP contribution in [0.5, 0.6) is 0 Å². The Bertz CT molecular complexity index is 569. The molecule has 0 fully saturated rings. The zero-order chi connectivity index (χ0) is 15.1. The summed E-state index contributed by atoms with van der Waals surface area (Å²) < 4.78 is 13.3.